The lowest BCUT2D eigenvalue weighted by Crippen LogP contribution is -2.27. The third kappa shape index (κ3) is 3.96. The molecule has 24 heavy (non-hydrogen) atoms. The van der Waals surface area contributed by atoms with Crippen molar-refractivity contribution in [3.63, 3.8) is 0 Å². The molecule has 4 nitrogen and oxygen atoms in total. The van der Waals surface area contributed by atoms with Crippen LogP contribution >= 0.6 is 0 Å². The second-order valence-electron chi connectivity index (χ2n) is 6.06. The van der Waals surface area contributed by atoms with Crippen LogP contribution in [0.2, 0.25) is 0 Å². The number of fused-ring (bicyclic) bond motifs is 1. The molecule has 0 atom stereocenters. The second-order valence-corrected chi connectivity index (χ2v) is 6.06. The van der Waals surface area contributed by atoms with Gasteiger partial charge in [0.2, 0.25) is 12.7 Å². The van der Waals surface area contributed by atoms with Crippen LogP contribution in [-0.4, -0.2) is 12.7 Å². The van der Waals surface area contributed by atoms with Crippen molar-refractivity contribution in [1.82, 2.24) is 5.32 Å². The molecular weight excluding hydrogens is 302 g/mol. The Morgan fingerprint density at radius 1 is 1.04 bits per heavy atom. The Kier molecular flexibility index (Phi) is 4.85. The zero-order chi connectivity index (χ0) is 16.9. The average molecular weight is 323 g/mol. The summed E-state index contributed by atoms with van der Waals surface area (Å²) in [6.45, 7) is 4.62. The lowest BCUT2D eigenvalue weighted by atomic mass is 10.1. The quantitative estimate of drug-likeness (QED) is 0.850. The van der Waals surface area contributed by atoms with E-state index in [2.05, 4.69) is 5.32 Å². The van der Waals surface area contributed by atoms with Gasteiger partial charge in [-0.25, -0.2) is 0 Å². The van der Waals surface area contributed by atoms with Crippen molar-refractivity contribution in [2.24, 2.45) is 5.92 Å². The predicted molar refractivity (Wildman–Crippen MR) is 94.6 cm³/mol. The van der Waals surface area contributed by atoms with E-state index in [1.807, 2.05) is 68.5 Å². The van der Waals surface area contributed by atoms with E-state index in [0.717, 1.165) is 28.2 Å². The fourth-order valence-corrected chi connectivity index (χ4v) is 2.35. The van der Waals surface area contributed by atoms with Gasteiger partial charge < -0.3 is 14.8 Å². The number of hydrogen-bond acceptors (Lipinski definition) is 3. The Bertz CT molecular complexity index is 748. The zero-order valence-corrected chi connectivity index (χ0v) is 13.9. The Morgan fingerprint density at radius 3 is 2.46 bits per heavy atom. The maximum Gasteiger partial charge on any atom is 0.231 e. The number of rotatable bonds is 5. The summed E-state index contributed by atoms with van der Waals surface area (Å²) in [5.74, 6) is 1.66. The number of carbonyl (C=O) groups excluding carboxylic acids is 1. The Morgan fingerprint density at radius 2 is 1.71 bits per heavy atom. The first-order valence-electron chi connectivity index (χ1n) is 8.06. The first-order chi connectivity index (χ1) is 11.6. The minimum absolute atomic E-state index is 0.00825. The molecule has 4 heteroatoms. The fraction of sp³-hybridized carbons (Fsp3) is 0.250. The summed E-state index contributed by atoms with van der Waals surface area (Å²) in [6, 6.07) is 14.0. The first-order valence-corrected chi connectivity index (χ1v) is 8.06. The monoisotopic (exact) mass is 323 g/mol. The molecule has 0 bridgehead atoms. The maximum absolute atomic E-state index is 11.6. The summed E-state index contributed by atoms with van der Waals surface area (Å²) in [5.41, 5.74) is 3.25. The van der Waals surface area contributed by atoms with Crippen LogP contribution in [0.15, 0.2) is 42.5 Å². The van der Waals surface area contributed by atoms with Crippen LogP contribution in [0, 0.1) is 5.92 Å². The van der Waals surface area contributed by atoms with Crippen LogP contribution < -0.4 is 14.8 Å². The fourth-order valence-electron chi connectivity index (χ4n) is 2.35. The highest BCUT2D eigenvalue weighted by atomic mass is 16.7. The van der Waals surface area contributed by atoms with E-state index in [4.69, 9.17) is 9.47 Å². The van der Waals surface area contributed by atoms with Crippen molar-refractivity contribution in [3.05, 3.63) is 59.2 Å². The van der Waals surface area contributed by atoms with Crippen LogP contribution in [0.3, 0.4) is 0 Å². The molecule has 0 fully saturated rings. The van der Waals surface area contributed by atoms with Gasteiger partial charge in [-0.15, -0.1) is 0 Å². The van der Waals surface area contributed by atoms with Crippen molar-refractivity contribution >= 4 is 18.1 Å². The summed E-state index contributed by atoms with van der Waals surface area (Å²) in [6.07, 6.45) is 4.09. The molecule has 1 aliphatic heterocycles. The van der Waals surface area contributed by atoms with Gasteiger partial charge in [0.25, 0.3) is 0 Å². The lowest BCUT2D eigenvalue weighted by Gasteiger charge is -2.07. The molecule has 0 aliphatic carbocycles. The smallest absolute Gasteiger partial charge is 0.231 e. The van der Waals surface area contributed by atoms with Crippen molar-refractivity contribution in [2.75, 3.05) is 6.79 Å². The molecule has 2 aromatic rings. The molecule has 1 N–H and O–H groups in total. The van der Waals surface area contributed by atoms with Gasteiger partial charge in [0.1, 0.15) is 0 Å². The van der Waals surface area contributed by atoms with E-state index in [9.17, 15) is 4.79 Å². The molecule has 0 radical (unpaired) electrons. The number of nitrogens with one attached hydrogen (secondary N) is 1. The summed E-state index contributed by atoms with van der Waals surface area (Å²) >= 11 is 0. The highest BCUT2D eigenvalue weighted by Gasteiger charge is 2.12. The molecule has 1 amide bonds. The van der Waals surface area contributed by atoms with Gasteiger partial charge in [-0.3, -0.25) is 4.79 Å². The molecule has 1 aliphatic rings. The maximum atomic E-state index is 11.6. The summed E-state index contributed by atoms with van der Waals surface area (Å²) in [4.78, 5) is 11.6. The molecule has 3 rings (SSSR count). The highest BCUT2D eigenvalue weighted by molar-refractivity contribution is 5.77. The summed E-state index contributed by atoms with van der Waals surface area (Å²) in [7, 11) is 0. The molecule has 2 aromatic carbocycles. The lowest BCUT2D eigenvalue weighted by molar-refractivity contribution is -0.124. The Balaban J connectivity index is 1.60. The second kappa shape index (κ2) is 7.21. The third-order valence-corrected chi connectivity index (χ3v) is 3.84. The number of carbonyl (C=O) groups is 1. The van der Waals surface area contributed by atoms with Crippen molar-refractivity contribution < 1.29 is 14.3 Å². The van der Waals surface area contributed by atoms with Crippen LogP contribution in [-0.2, 0) is 11.3 Å². The SMILES string of the molecule is CC(C)C(=O)NCc1ccc(/C=C/c2ccc3c(c2)OCO3)cc1. The van der Waals surface area contributed by atoms with Crippen LogP contribution in [0.1, 0.15) is 30.5 Å². The molecule has 0 spiro atoms. The number of hydrogen-bond donors (Lipinski definition) is 1. The van der Waals surface area contributed by atoms with Gasteiger partial charge >= 0.3 is 0 Å². The number of amides is 1. The van der Waals surface area contributed by atoms with Crippen LogP contribution in [0.5, 0.6) is 11.5 Å². The Hall–Kier alpha value is -2.75. The van der Waals surface area contributed by atoms with E-state index >= 15 is 0 Å². The molecule has 1 heterocycles. The van der Waals surface area contributed by atoms with Gasteiger partial charge in [0.15, 0.2) is 11.5 Å². The topological polar surface area (TPSA) is 47.6 Å². The van der Waals surface area contributed by atoms with Gasteiger partial charge in [-0.05, 0) is 28.8 Å². The molecule has 0 saturated carbocycles. The standard InChI is InChI=1S/C20H21NO3/c1-14(2)20(22)21-12-17-7-4-15(5-8-17)3-6-16-9-10-18-19(11-16)24-13-23-18/h3-11,14H,12-13H2,1-2H3,(H,21,22)/b6-3+. The van der Waals surface area contributed by atoms with E-state index in [0.29, 0.717) is 6.54 Å². The van der Waals surface area contributed by atoms with Gasteiger partial charge in [0, 0.05) is 12.5 Å². The van der Waals surface area contributed by atoms with E-state index < -0.39 is 0 Å². The zero-order valence-electron chi connectivity index (χ0n) is 13.9. The predicted octanol–water partition coefficient (Wildman–Crippen LogP) is 3.86. The molecule has 0 aromatic heterocycles. The van der Waals surface area contributed by atoms with E-state index in [1.54, 1.807) is 0 Å². The van der Waals surface area contributed by atoms with E-state index in [1.165, 1.54) is 0 Å². The van der Waals surface area contributed by atoms with Crippen LogP contribution in [0.4, 0.5) is 0 Å². The average Bonchev–Trinajstić information content (AvgIpc) is 3.06. The van der Waals surface area contributed by atoms with Crippen molar-refractivity contribution in [1.29, 1.82) is 0 Å². The minimum atomic E-state index is 0.00825. The number of ether oxygens (including phenoxy) is 2. The molecular formula is C20H21NO3. The Labute approximate surface area is 142 Å². The summed E-state index contributed by atoms with van der Waals surface area (Å²) in [5, 5.41) is 2.92. The third-order valence-electron chi connectivity index (χ3n) is 3.84. The van der Waals surface area contributed by atoms with Gasteiger partial charge in [-0.1, -0.05) is 56.3 Å². The molecule has 0 unspecified atom stereocenters. The van der Waals surface area contributed by atoms with Gasteiger partial charge in [0.05, 0.1) is 0 Å². The van der Waals surface area contributed by atoms with E-state index in [-0.39, 0.29) is 18.6 Å². The highest BCUT2D eigenvalue weighted by Crippen LogP contribution is 2.32. The largest absolute Gasteiger partial charge is 0.454 e. The molecule has 124 valence electrons. The van der Waals surface area contributed by atoms with Gasteiger partial charge in [-0.2, -0.15) is 0 Å². The van der Waals surface area contributed by atoms with Crippen molar-refractivity contribution in [2.45, 2.75) is 20.4 Å². The molecule has 0 saturated heterocycles. The van der Waals surface area contributed by atoms with Crippen LogP contribution in [0.25, 0.3) is 12.2 Å². The normalized spacial score (nSPS) is 12.8. The number of benzene rings is 2. The van der Waals surface area contributed by atoms with Crippen molar-refractivity contribution in [3.8, 4) is 11.5 Å². The first kappa shape index (κ1) is 16.1. The summed E-state index contributed by atoms with van der Waals surface area (Å²) < 4.78 is 10.7. The minimum Gasteiger partial charge on any atom is -0.454 e.